The van der Waals surface area contributed by atoms with Crippen molar-refractivity contribution in [3.05, 3.63) is 30.5 Å². The number of hydrogen-bond acceptors (Lipinski definition) is 6. The van der Waals surface area contributed by atoms with Gasteiger partial charge >= 0.3 is 0 Å². The van der Waals surface area contributed by atoms with Gasteiger partial charge in [0.2, 0.25) is 0 Å². The Hall–Kier alpha value is -1.47. The van der Waals surface area contributed by atoms with E-state index < -0.39 is 15.2 Å². The fraction of sp³-hybridized carbons (Fsp3) is 0.357. The Kier molecular flexibility index (Phi) is 3.71. The topological polar surface area (TPSA) is 76.3 Å². The van der Waals surface area contributed by atoms with E-state index >= 15 is 0 Å². The van der Waals surface area contributed by atoms with Crippen molar-refractivity contribution in [1.29, 1.82) is 0 Å². The zero-order valence-electron chi connectivity index (χ0n) is 11.7. The lowest BCUT2D eigenvalue weighted by Crippen LogP contribution is -2.47. The first-order valence-electron chi connectivity index (χ1n) is 6.65. The number of nitrogen functional groups attached to an aromatic ring is 1. The largest absolute Gasteiger partial charge is 0.396 e. The molecule has 2 N–H and O–H groups in total. The molecule has 0 spiro atoms. The highest BCUT2D eigenvalue weighted by Gasteiger charge is 2.32. The van der Waals surface area contributed by atoms with Crippen molar-refractivity contribution in [2.24, 2.45) is 0 Å². The number of fused-ring (bicyclic) bond motifs is 1. The summed E-state index contributed by atoms with van der Waals surface area (Å²) in [6, 6.07) is 7.51. The molecule has 1 aromatic heterocycles. The molecule has 112 valence electrons. The van der Waals surface area contributed by atoms with Gasteiger partial charge in [-0.1, -0.05) is 0 Å². The van der Waals surface area contributed by atoms with Crippen LogP contribution < -0.4 is 10.6 Å². The van der Waals surface area contributed by atoms with E-state index in [0.29, 0.717) is 18.0 Å². The summed E-state index contributed by atoms with van der Waals surface area (Å²) in [6.45, 7) is 0.679. The maximum absolute atomic E-state index is 12.0. The van der Waals surface area contributed by atoms with E-state index in [1.54, 1.807) is 18.0 Å². The van der Waals surface area contributed by atoms with E-state index in [0.717, 1.165) is 22.3 Å². The van der Waals surface area contributed by atoms with Gasteiger partial charge in [-0.15, -0.1) is 0 Å². The van der Waals surface area contributed by atoms with E-state index in [2.05, 4.69) is 4.98 Å². The van der Waals surface area contributed by atoms with E-state index in [1.165, 1.54) is 6.26 Å². The van der Waals surface area contributed by atoms with Gasteiger partial charge in [0.05, 0.1) is 16.9 Å². The highest BCUT2D eigenvalue weighted by Crippen LogP contribution is 2.34. The van der Waals surface area contributed by atoms with Crippen molar-refractivity contribution >= 4 is 43.9 Å². The molecule has 1 fully saturated rings. The highest BCUT2D eigenvalue weighted by molar-refractivity contribution is 8.01. The summed E-state index contributed by atoms with van der Waals surface area (Å²) >= 11 is 1.66. The quantitative estimate of drug-likeness (QED) is 0.849. The summed E-state index contributed by atoms with van der Waals surface area (Å²) in [5.41, 5.74) is 8.47. The van der Waals surface area contributed by atoms with Crippen LogP contribution in [0.5, 0.6) is 0 Å². The summed E-state index contributed by atoms with van der Waals surface area (Å²) in [5, 5.41) is 0.341. The average Bonchev–Trinajstić information content (AvgIpc) is 2.47. The zero-order chi connectivity index (χ0) is 15.0. The Morgan fingerprint density at radius 1 is 1.38 bits per heavy atom. The molecule has 1 aliphatic heterocycles. The zero-order valence-corrected chi connectivity index (χ0v) is 13.3. The predicted octanol–water partition coefficient (Wildman–Crippen LogP) is 1.74. The maximum atomic E-state index is 12.0. The molecular formula is C14H17N3O2S2. The Morgan fingerprint density at radius 2 is 2.19 bits per heavy atom. The minimum Gasteiger partial charge on any atom is -0.396 e. The molecule has 21 heavy (non-hydrogen) atoms. The Bertz CT molecular complexity index is 777. The molecular weight excluding hydrogens is 306 g/mol. The summed E-state index contributed by atoms with van der Waals surface area (Å²) in [7, 11) is -3.16. The van der Waals surface area contributed by atoms with Crippen LogP contribution in [0.25, 0.3) is 10.9 Å². The molecule has 5 nitrogen and oxygen atoms in total. The first-order chi connectivity index (χ1) is 9.98. The standard InChI is InChI=1S/C14H17N3O2S2/c1-21(18,19)13-9-20-8-7-17(13)12-5-4-11-10(14(12)15)3-2-6-16-11/h2-6,13H,7-9,15H2,1H3. The molecule has 2 aromatic rings. The van der Waals surface area contributed by atoms with Crippen molar-refractivity contribution in [3.63, 3.8) is 0 Å². The van der Waals surface area contributed by atoms with E-state index in [9.17, 15) is 8.42 Å². The molecule has 1 saturated heterocycles. The minimum absolute atomic E-state index is 0.521. The third-order valence-electron chi connectivity index (χ3n) is 3.69. The molecule has 0 radical (unpaired) electrons. The minimum atomic E-state index is -3.16. The Balaban J connectivity index is 2.12. The van der Waals surface area contributed by atoms with Crippen molar-refractivity contribution < 1.29 is 8.42 Å². The van der Waals surface area contributed by atoms with Crippen molar-refractivity contribution in [2.45, 2.75) is 5.37 Å². The SMILES string of the molecule is CS(=O)(=O)C1CSCCN1c1ccc2ncccc2c1N. The Labute approximate surface area is 128 Å². The second-order valence-corrected chi connectivity index (χ2v) is 8.47. The number of thioether (sulfide) groups is 1. The lowest BCUT2D eigenvalue weighted by Gasteiger charge is -2.36. The van der Waals surface area contributed by atoms with E-state index in [4.69, 9.17) is 5.73 Å². The highest BCUT2D eigenvalue weighted by atomic mass is 32.2. The number of nitrogens with zero attached hydrogens (tertiary/aromatic N) is 2. The fourth-order valence-electron chi connectivity index (χ4n) is 2.63. The van der Waals surface area contributed by atoms with Crippen molar-refractivity contribution in [2.75, 3.05) is 34.9 Å². The molecule has 0 aliphatic carbocycles. The first-order valence-corrected chi connectivity index (χ1v) is 9.76. The van der Waals surface area contributed by atoms with Gasteiger partial charge in [0.1, 0.15) is 5.37 Å². The Morgan fingerprint density at radius 3 is 2.95 bits per heavy atom. The van der Waals surface area contributed by atoms with E-state index in [1.807, 2.05) is 29.2 Å². The second kappa shape index (κ2) is 5.38. The van der Waals surface area contributed by atoms with Crippen LogP contribution in [-0.2, 0) is 9.84 Å². The van der Waals surface area contributed by atoms with Gasteiger partial charge in [-0.25, -0.2) is 8.42 Å². The number of pyridine rings is 1. The van der Waals surface area contributed by atoms with Crippen LogP contribution in [-0.4, -0.2) is 43.1 Å². The number of anilines is 2. The lowest BCUT2D eigenvalue weighted by atomic mass is 10.1. The number of nitrogens with two attached hydrogens (primary N) is 1. The van der Waals surface area contributed by atoms with Crippen LogP contribution in [0.3, 0.4) is 0 Å². The van der Waals surface area contributed by atoms with Gasteiger partial charge < -0.3 is 10.6 Å². The summed E-state index contributed by atoms with van der Waals surface area (Å²) in [5.74, 6) is 1.47. The van der Waals surface area contributed by atoms with E-state index in [-0.39, 0.29) is 0 Å². The van der Waals surface area contributed by atoms with Gasteiger partial charge in [-0.3, -0.25) is 4.98 Å². The van der Waals surface area contributed by atoms with Crippen LogP contribution in [0.4, 0.5) is 11.4 Å². The monoisotopic (exact) mass is 323 g/mol. The average molecular weight is 323 g/mol. The molecule has 1 aliphatic rings. The normalized spacial score (nSPS) is 19.9. The smallest absolute Gasteiger partial charge is 0.169 e. The molecule has 1 atom stereocenters. The third-order valence-corrected chi connectivity index (χ3v) is 6.34. The first kappa shape index (κ1) is 14.5. The number of hydrogen-bond donors (Lipinski definition) is 1. The van der Waals surface area contributed by atoms with Gasteiger partial charge in [0.25, 0.3) is 0 Å². The molecule has 3 rings (SSSR count). The van der Waals surface area contributed by atoms with Crippen LogP contribution >= 0.6 is 11.8 Å². The van der Waals surface area contributed by atoms with Crippen LogP contribution in [0, 0.1) is 0 Å². The number of aromatic nitrogens is 1. The molecule has 2 heterocycles. The van der Waals surface area contributed by atoms with Gasteiger partial charge in [0.15, 0.2) is 9.84 Å². The molecule has 0 amide bonds. The molecule has 1 unspecified atom stereocenters. The van der Waals surface area contributed by atoms with Crippen LogP contribution in [0.1, 0.15) is 0 Å². The van der Waals surface area contributed by atoms with Crippen LogP contribution in [0.15, 0.2) is 30.5 Å². The van der Waals surface area contributed by atoms with Crippen LogP contribution in [0.2, 0.25) is 0 Å². The molecule has 7 heteroatoms. The maximum Gasteiger partial charge on any atom is 0.169 e. The number of rotatable bonds is 2. The molecule has 0 saturated carbocycles. The van der Waals surface area contributed by atoms with Gasteiger partial charge in [0, 0.05) is 35.9 Å². The second-order valence-electron chi connectivity index (χ2n) is 5.12. The number of benzene rings is 1. The summed E-state index contributed by atoms with van der Waals surface area (Å²) in [6.07, 6.45) is 3.01. The van der Waals surface area contributed by atoms with Gasteiger partial charge in [-0.2, -0.15) is 11.8 Å². The van der Waals surface area contributed by atoms with Crippen molar-refractivity contribution in [1.82, 2.24) is 4.98 Å². The summed E-state index contributed by atoms with van der Waals surface area (Å²) < 4.78 is 24.1. The number of sulfone groups is 1. The third kappa shape index (κ3) is 2.67. The predicted molar refractivity (Wildman–Crippen MR) is 89.5 cm³/mol. The fourth-order valence-corrected chi connectivity index (χ4v) is 5.46. The molecule has 0 bridgehead atoms. The molecule has 1 aromatic carbocycles. The summed E-state index contributed by atoms with van der Waals surface area (Å²) in [4.78, 5) is 6.19. The van der Waals surface area contributed by atoms with Crippen molar-refractivity contribution in [3.8, 4) is 0 Å². The van der Waals surface area contributed by atoms with Gasteiger partial charge in [-0.05, 0) is 24.3 Å². The lowest BCUT2D eigenvalue weighted by molar-refractivity contribution is 0.584.